The molecule has 0 unspecified atom stereocenters. The van der Waals surface area contributed by atoms with Crippen LogP contribution in [0.1, 0.15) is 30.5 Å². The summed E-state index contributed by atoms with van der Waals surface area (Å²) in [4.78, 5) is 38.8. The Bertz CT molecular complexity index is 1210. The van der Waals surface area contributed by atoms with Crippen LogP contribution in [0.5, 0.6) is 11.5 Å². The van der Waals surface area contributed by atoms with E-state index in [1.165, 1.54) is 24.3 Å². The maximum atomic E-state index is 12.4. The number of carbonyl (C=O) groups is 2. The molecule has 0 saturated carbocycles. The summed E-state index contributed by atoms with van der Waals surface area (Å²) >= 11 is 3.40. The van der Waals surface area contributed by atoms with Gasteiger partial charge in [0.15, 0.2) is 23.8 Å². The monoisotopic (exact) mass is 532 g/mol. The zero-order valence-corrected chi connectivity index (χ0v) is 20.2. The summed E-state index contributed by atoms with van der Waals surface area (Å²) in [5.74, 6) is -0.457. The van der Waals surface area contributed by atoms with Gasteiger partial charge in [-0.05, 0) is 72.6 Å². The minimum Gasteiger partial charge on any atom is -0.490 e. The van der Waals surface area contributed by atoms with E-state index in [1.54, 1.807) is 32.9 Å². The molecule has 1 aliphatic rings. The number of aryl methyl sites for hydroxylation is 1. The summed E-state index contributed by atoms with van der Waals surface area (Å²) in [5.41, 5.74) is 1.43. The van der Waals surface area contributed by atoms with E-state index < -0.39 is 16.9 Å². The first-order valence-corrected chi connectivity index (χ1v) is 11.1. The van der Waals surface area contributed by atoms with Gasteiger partial charge in [-0.15, -0.1) is 0 Å². The molecular formula is C23H21BrN2O8. The van der Waals surface area contributed by atoms with Crippen molar-refractivity contribution < 1.29 is 33.5 Å². The molecule has 0 radical (unpaired) electrons. The number of carbonyl (C=O) groups excluding carboxylic acids is 2. The molecule has 2 aromatic rings. The zero-order chi connectivity index (χ0) is 24.8. The largest absolute Gasteiger partial charge is 0.490 e. The summed E-state index contributed by atoms with van der Waals surface area (Å²) in [7, 11) is 0. The van der Waals surface area contributed by atoms with Gasteiger partial charge in [-0.3, -0.25) is 10.1 Å². The standard InChI is InChI=1S/C23H21BrN2O8/c1-4-31-19-11-14(9-16(24)21(19)33-12-20(27)32-5-2)10-17-23(28)34-22(25-17)15-6-7-18(26(29)30)13(3)8-15/h6-11H,4-5,12H2,1-3H3/b17-10-. The summed E-state index contributed by atoms with van der Waals surface area (Å²) in [6, 6.07) is 7.65. The number of cyclic esters (lactones) is 1. The van der Waals surface area contributed by atoms with Gasteiger partial charge >= 0.3 is 11.9 Å². The molecule has 34 heavy (non-hydrogen) atoms. The third-order valence-corrected chi connectivity index (χ3v) is 5.12. The summed E-state index contributed by atoms with van der Waals surface area (Å²) in [6.45, 7) is 5.38. The van der Waals surface area contributed by atoms with E-state index in [0.29, 0.717) is 39.3 Å². The minimum atomic E-state index is -0.664. The summed E-state index contributed by atoms with van der Waals surface area (Å²) in [5, 5.41) is 11.0. The van der Waals surface area contributed by atoms with E-state index in [4.69, 9.17) is 18.9 Å². The Hall–Kier alpha value is -3.73. The SMILES string of the molecule is CCOC(=O)COc1c(Br)cc(/C=C2\N=C(c3ccc([N+](=O)[O-])c(C)c3)OC2=O)cc1OCC. The molecule has 1 heterocycles. The highest BCUT2D eigenvalue weighted by Gasteiger charge is 2.26. The van der Waals surface area contributed by atoms with Gasteiger partial charge in [0.25, 0.3) is 5.69 Å². The molecule has 0 aromatic heterocycles. The summed E-state index contributed by atoms with van der Waals surface area (Å²) < 4.78 is 21.8. The molecule has 0 fully saturated rings. The van der Waals surface area contributed by atoms with Crippen LogP contribution in [0, 0.1) is 17.0 Å². The Morgan fingerprint density at radius 3 is 2.62 bits per heavy atom. The molecule has 0 N–H and O–H groups in total. The third kappa shape index (κ3) is 5.79. The number of benzene rings is 2. The lowest BCUT2D eigenvalue weighted by Gasteiger charge is -2.14. The van der Waals surface area contributed by atoms with Crippen LogP contribution in [-0.2, 0) is 19.1 Å². The van der Waals surface area contributed by atoms with Gasteiger partial charge in [0.2, 0.25) is 5.90 Å². The van der Waals surface area contributed by atoms with Crippen LogP contribution in [0.2, 0.25) is 0 Å². The maximum Gasteiger partial charge on any atom is 0.363 e. The average Bonchev–Trinajstić information content (AvgIpc) is 3.13. The molecule has 1 aliphatic heterocycles. The van der Waals surface area contributed by atoms with E-state index in [9.17, 15) is 19.7 Å². The maximum absolute atomic E-state index is 12.4. The number of esters is 2. The molecule has 178 valence electrons. The molecule has 0 bridgehead atoms. The third-order valence-electron chi connectivity index (χ3n) is 4.54. The van der Waals surface area contributed by atoms with E-state index in [2.05, 4.69) is 20.9 Å². The van der Waals surface area contributed by atoms with E-state index in [1.807, 2.05) is 0 Å². The van der Waals surface area contributed by atoms with Crippen LogP contribution in [0.25, 0.3) is 6.08 Å². The molecular weight excluding hydrogens is 512 g/mol. The highest BCUT2D eigenvalue weighted by molar-refractivity contribution is 9.10. The second-order valence-corrected chi connectivity index (χ2v) is 7.81. The van der Waals surface area contributed by atoms with E-state index >= 15 is 0 Å². The molecule has 10 nitrogen and oxygen atoms in total. The first-order chi connectivity index (χ1) is 16.2. The van der Waals surface area contributed by atoms with Gasteiger partial charge in [0.1, 0.15) is 0 Å². The molecule has 0 spiro atoms. The predicted octanol–water partition coefficient (Wildman–Crippen LogP) is 4.35. The first kappa shape index (κ1) is 24.9. The molecule has 0 atom stereocenters. The number of hydrogen-bond acceptors (Lipinski definition) is 9. The van der Waals surface area contributed by atoms with Crippen LogP contribution in [-0.4, -0.2) is 42.6 Å². The van der Waals surface area contributed by atoms with Crippen molar-refractivity contribution in [2.45, 2.75) is 20.8 Å². The number of halogens is 1. The topological polar surface area (TPSA) is 127 Å². The second-order valence-electron chi connectivity index (χ2n) is 6.95. The van der Waals surface area contributed by atoms with Crippen molar-refractivity contribution in [3.63, 3.8) is 0 Å². The van der Waals surface area contributed by atoms with Crippen LogP contribution >= 0.6 is 15.9 Å². The number of nitrogens with zero attached hydrogens (tertiary/aromatic N) is 2. The highest BCUT2D eigenvalue weighted by atomic mass is 79.9. The smallest absolute Gasteiger partial charge is 0.363 e. The number of hydrogen-bond donors (Lipinski definition) is 0. The van der Waals surface area contributed by atoms with Crippen LogP contribution in [0.15, 0.2) is 45.5 Å². The first-order valence-electron chi connectivity index (χ1n) is 10.3. The number of nitro benzene ring substituents is 1. The van der Waals surface area contributed by atoms with Crippen molar-refractivity contribution in [1.82, 2.24) is 0 Å². The van der Waals surface area contributed by atoms with E-state index in [-0.39, 0.29) is 30.5 Å². The minimum absolute atomic E-state index is 0.0389. The van der Waals surface area contributed by atoms with Crippen molar-refractivity contribution in [1.29, 1.82) is 0 Å². The number of ether oxygens (including phenoxy) is 4. The van der Waals surface area contributed by atoms with Crippen LogP contribution in [0.4, 0.5) is 5.69 Å². The Morgan fingerprint density at radius 1 is 1.21 bits per heavy atom. The molecule has 2 aromatic carbocycles. The van der Waals surface area contributed by atoms with Crippen LogP contribution < -0.4 is 9.47 Å². The fourth-order valence-corrected chi connectivity index (χ4v) is 3.67. The number of aliphatic imine (C=N–C) groups is 1. The van der Waals surface area contributed by atoms with Crippen LogP contribution in [0.3, 0.4) is 0 Å². The normalized spacial score (nSPS) is 13.9. The van der Waals surface area contributed by atoms with Crippen molar-refractivity contribution in [3.05, 3.63) is 67.3 Å². The van der Waals surface area contributed by atoms with Crippen molar-refractivity contribution >= 4 is 45.5 Å². The van der Waals surface area contributed by atoms with Gasteiger partial charge in [-0.1, -0.05) is 0 Å². The van der Waals surface area contributed by atoms with E-state index in [0.717, 1.165) is 0 Å². The van der Waals surface area contributed by atoms with Gasteiger partial charge < -0.3 is 18.9 Å². The van der Waals surface area contributed by atoms with Gasteiger partial charge in [-0.2, -0.15) is 0 Å². The van der Waals surface area contributed by atoms with Crippen molar-refractivity contribution in [2.24, 2.45) is 4.99 Å². The highest BCUT2D eigenvalue weighted by Crippen LogP contribution is 2.38. The molecule has 0 aliphatic carbocycles. The quantitative estimate of drug-likeness (QED) is 0.202. The average molecular weight is 533 g/mol. The number of rotatable bonds is 9. The molecule has 3 rings (SSSR count). The molecule has 0 amide bonds. The Balaban J connectivity index is 1.90. The molecule has 11 heteroatoms. The Kier molecular flexibility index (Phi) is 8.00. The second kappa shape index (κ2) is 10.9. The fourth-order valence-electron chi connectivity index (χ4n) is 3.09. The number of nitro groups is 1. The Labute approximate surface area is 203 Å². The lowest BCUT2D eigenvalue weighted by Crippen LogP contribution is -2.15. The lowest BCUT2D eigenvalue weighted by molar-refractivity contribution is -0.385. The van der Waals surface area contributed by atoms with Gasteiger partial charge in [0, 0.05) is 17.2 Å². The predicted molar refractivity (Wildman–Crippen MR) is 126 cm³/mol. The summed E-state index contributed by atoms with van der Waals surface area (Å²) in [6.07, 6.45) is 1.51. The van der Waals surface area contributed by atoms with Crippen molar-refractivity contribution in [3.8, 4) is 11.5 Å². The Morgan fingerprint density at radius 2 is 1.97 bits per heavy atom. The van der Waals surface area contributed by atoms with Gasteiger partial charge in [0.05, 0.1) is 22.6 Å². The zero-order valence-electron chi connectivity index (χ0n) is 18.6. The lowest BCUT2D eigenvalue weighted by atomic mass is 10.1. The van der Waals surface area contributed by atoms with Crippen molar-refractivity contribution in [2.75, 3.05) is 19.8 Å². The fraction of sp³-hybridized carbons (Fsp3) is 0.261. The molecule has 0 saturated heterocycles. The van der Waals surface area contributed by atoms with Gasteiger partial charge in [-0.25, -0.2) is 14.6 Å².